The molecule has 1 saturated carbocycles. The molecule has 216 valence electrons. The Morgan fingerprint density at radius 3 is 2.42 bits per heavy atom. The summed E-state index contributed by atoms with van der Waals surface area (Å²) in [5, 5.41) is 10.4. The van der Waals surface area contributed by atoms with Crippen molar-refractivity contribution >= 4 is 29.5 Å². The molecule has 8 nitrogen and oxygen atoms in total. The highest BCUT2D eigenvalue weighted by Crippen LogP contribution is 2.33. The van der Waals surface area contributed by atoms with Gasteiger partial charge in [-0.2, -0.15) is 0 Å². The molecule has 2 aromatic rings. The van der Waals surface area contributed by atoms with Crippen molar-refractivity contribution in [3.63, 3.8) is 0 Å². The molecule has 1 heterocycles. The number of carbonyl (C=O) groups is 3. The Morgan fingerprint density at radius 1 is 1.12 bits per heavy atom. The first kappa shape index (κ1) is 30.0. The molecule has 1 N–H and O–H groups in total. The Morgan fingerprint density at radius 2 is 1.82 bits per heavy atom. The molecule has 2 aromatic carbocycles. The second-order valence-electron chi connectivity index (χ2n) is 11.7. The number of imide groups is 1. The summed E-state index contributed by atoms with van der Waals surface area (Å²) in [5.41, 5.74) is 2.98. The van der Waals surface area contributed by atoms with Crippen LogP contribution in [0.1, 0.15) is 61.3 Å². The Bertz CT molecular complexity index is 1210. The third kappa shape index (κ3) is 7.62. The predicted molar refractivity (Wildman–Crippen MR) is 154 cm³/mol. The first-order valence-corrected chi connectivity index (χ1v) is 14.5. The van der Waals surface area contributed by atoms with Gasteiger partial charge in [-0.3, -0.25) is 14.5 Å². The topological polar surface area (TPSA) is 87.2 Å². The molecule has 0 spiro atoms. The number of halogens is 1. The summed E-state index contributed by atoms with van der Waals surface area (Å²) in [6, 6.07) is 13.0. The lowest BCUT2D eigenvalue weighted by Crippen LogP contribution is -2.44. The van der Waals surface area contributed by atoms with Crippen LogP contribution >= 0.6 is 11.6 Å². The van der Waals surface area contributed by atoms with Crippen LogP contribution in [0.2, 0.25) is 5.02 Å². The number of aliphatic carboxylic acids is 1. The van der Waals surface area contributed by atoms with E-state index < -0.39 is 5.97 Å². The van der Waals surface area contributed by atoms with Gasteiger partial charge in [0.1, 0.15) is 12.4 Å². The molecule has 0 bridgehead atoms. The first-order valence-electron chi connectivity index (χ1n) is 14.1. The largest absolute Gasteiger partial charge is 0.491 e. The SMILES string of the molecule is Cc1cc(CN(CC2CCCCC2)C(CC(=O)O)c2ccc(Cl)cc2)ccc1OCCN1C(=O)C[N+](C)(C)C1=O. The maximum Gasteiger partial charge on any atom is 0.426 e. The summed E-state index contributed by atoms with van der Waals surface area (Å²) < 4.78 is 6.00. The molecule has 40 heavy (non-hydrogen) atoms. The summed E-state index contributed by atoms with van der Waals surface area (Å²) in [7, 11) is 3.46. The lowest BCUT2D eigenvalue weighted by molar-refractivity contribution is -0.795. The highest BCUT2D eigenvalue weighted by atomic mass is 35.5. The molecule has 1 atom stereocenters. The molecule has 4 rings (SSSR count). The maximum atomic E-state index is 12.5. The summed E-state index contributed by atoms with van der Waals surface area (Å²) >= 11 is 6.14. The zero-order chi connectivity index (χ0) is 28.9. The van der Waals surface area contributed by atoms with Crippen LogP contribution in [0.5, 0.6) is 5.75 Å². The number of likely N-dealkylation sites (N-methyl/N-ethyl adjacent to an activating group) is 1. The number of urea groups is 1. The van der Waals surface area contributed by atoms with Gasteiger partial charge in [0.05, 0.1) is 27.1 Å². The van der Waals surface area contributed by atoms with Gasteiger partial charge in [-0.1, -0.05) is 55.1 Å². The number of quaternary nitrogens is 1. The Hall–Kier alpha value is -2.94. The van der Waals surface area contributed by atoms with E-state index in [1.54, 1.807) is 14.1 Å². The van der Waals surface area contributed by atoms with Gasteiger partial charge in [0.25, 0.3) is 5.91 Å². The standard InChI is InChI=1S/C31H40ClN3O5/c1-22-17-24(9-14-28(22)40-16-15-34-29(36)21-35(2,3)31(34)39)20-33(19-23-7-5-4-6-8-23)27(18-30(37)38)25-10-12-26(32)13-11-25/h9-14,17,23,27H,4-8,15-16,18-21H2,1-3H3/p+1. The smallest absolute Gasteiger partial charge is 0.426 e. The van der Waals surface area contributed by atoms with Crippen molar-refractivity contribution in [2.45, 2.75) is 58.0 Å². The van der Waals surface area contributed by atoms with Crippen molar-refractivity contribution in [2.24, 2.45) is 5.92 Å². The van der Waals surface area contributed by atoms with E-state index in [-0.39, 0.29) is 48.6 Å². The lowest BCUT2D eigenvalue weighted by atomic mass is 9.88. The summed E-state index contributed by atoms with van der Waals surface area (Å²) in [6.07, 6.45) is 6.06. The van der Waals surface area contributed by atoms with Crippen molar-refractivity contribution in [3.05, 3.63) is 64.2 Å². The summed E-state index contributed by atoms with van der Waals surface area (Å²) in [5.74, 6) is 0.238. The van der Waals surface area contributed by atoms with Crippen molar-refractivity contribution in [3.8, 4) is 5.75 Å². The van der Waals surface area contributed by atoms with Gasteiger partial charge in [-0.15, -0.1) is 0 Å². The fraction of sp³-hybridized carbons (Fsp3) is 0.516. The molecule has 9 heteroatoms. The molecule has 2 aliphatic rings. The average Bonchev–Trinajstić information content (AvgIpc) is 3.10. The number of amides is 3. The summed E-state index contributed by atoms with van der Waals surface area (Å²) in [4.78, 5) is 40.2. The fourth-order valence-electron chi connectivity index (χ4n) is 5.91. The molecule has 1 aliphatic carbocycles. The van der Waals surface area contributed by atoms with Crippen LogP contribution in [-0.4, -0.2) is 77.6 Å². The third-order valence-electron chi connectivity index (χ3n) is 8.06. The number of ether oxygens (including phenoxy) is 1. The Balaban J connectivity index is 1.48. The number of carbonyl (C=O) groups excluding carboxylic acids is 2. The second kappa shape index (κ2) is 13.1. The number of hydrogen-bond donors (Lipinski definition) is 1. The third-order valence-corrected chi connectivity index (χ3v) is 8.31. The number of rotatable bonds is 12. The molecule has 1 unspecified atom stereocenters. The van der Waals surface area contributed by atoms with Crippen LogP contribution in [0.25, 0.3) is 0 Å². The van der Waals surface area contributed by atoms with E-state index in [9.17, 15) is 19.5 Å². The molecule has 0 radical (unpaired) electrons. The average molecular weight is 571 g/mol. The van der Waals surface area contributed by atoms with Crippen LogP contribution < -0.4 is 4.74 Å². The van der Waals surface area contributed by atoms with Gasteiger partial charge >= 0.3 is 12.0 Å². The summed E-state index contributed by atoms with van der Waals surface area (Å²) in [6.45, 7) is 4.04. The second-order valence-corrected chi connectivity index (χ2v) is 12.2. The molecular formula is C31H41ClN3O5+. The minimum absolute atomic E-state index is 0.0119. The van der Waals surface area contributed by atoms with Crippen LogP contribution in [-0.2, 0) is 16.1 Å². The number of nitrogens with zero attached hydrogens (tertiary/aromatic N) is 3. The highest BCUT2D eigenvalue weighted by molar-refractivity contribution is 6.30. The molecule has 1 saturated heterocycles. The number of carboxylic acids is 1. The minimum atomic E-state index is -0.828. The molecule has 2 fully saturated rings. The van der Waals surface area contributed by atoms with Gasteiger partial charge in [-0.05, 0) is 60.6 Å². The van der Waals surface area contributed by atoms with Crippen molar-refractivity contribution in [2.75, 3.05) is 40.3 Å². The van der Waals surface area contributed by atoms with E-state index in [1.165, 1.54) is 37.0 Å². The van der Waals surface area contributed by atoms with E-state index in [0.29, 0.717) is 23.2 Å². The number of hydrogen-bond acceptors (Lipinski definition) is 5. The van der Waals surface area contributed by atoms with Gasteiger partial charge in [0.15, 0.2) is 6.54 Å². The number of carboxylic acid groups (broad SMARTS) is 1. The molecule has 3 amide bonds. The lowest BCUT2D eigenvalue weighted by Gasteiger charge is -2.35. The number of benzene rings is 2. The van der Waals surface area contributed by atoms with Crippen molar-refractivity contribution < 1.29 is 28.7 Å². The number of aryl methyl sites for hydroxylation is 1. The van der Waals surface area contributed by atoms with E-state index in [4.69, 9.17) is 16.3 Å². The van der Waals surface area contributed by atoms with Gasteiger partial charge in [0, 0.05) is 24.2 Å². The zero-order valence-electron chi connectivity index (χ0n) is 23.8. The van der Waals surface area contributed by atoms with E-state index in [0.717, 1.165) is 23.2 Å². The zero-order valence-corrected chi connectivity index (χ0v) is 24.5. The van der Waals surface area contributed by atoms with Crippen LogP contribution in [0.4, 0.5) is 4.79 Å². The Labute approximate surface area is 242 Å². The normalized spacial score (nSPS) is 18.4. The monoisotopic (exact) mass is 570 g/mol. The van der Waals surface area contributed by atoms with Crippen LogP contribution in [0.3, 0.4) is 0 Å². The quantitative estimate of drug-likeness (QED) is 0.261. The van der Waals surface area contributed by atoms with Crippen molar-refractivity contribution in [1.82, 2.24) is 9.80 Å². The van der Waals surface area contributed by atoms with E-state index >= 15 is 0 Å². The van der Waals surface area contributed by atoms with Gasteiger partial charge in [0.2, 0.25) is 0 Å². The fourth-order valence-corrected chi connectivity index (χ4v) is 6.04. The van der Waals surface area contributed by atoms with Gasteiger partial charge < -0.3 is 9.84 Å². The molecule has 0 aromatic heterocycles. The minimum Gasteiger partial charge on any atom is -0.491 e. The van der Waals surface area contributed by atoms with E-state index in [2.05, 4.69) is 11.0 Å². The Kier molecular flexibility index (Phi) is 9.87. The van der Waals surface area contributed by atoms with Crippen molar-refractivity contribution in [1.29, 1.82) is 0 Å². The van der Waals surface area contributed by atoms with Crippen LogP contribution in [0, 0.1) is 12.8 Å². The van der Waals surface area contributed by atoms with Gasteiger partial charge in [-0.25, -0.2) is 14.2 Å². The van der Waals surface area contributed by atoms with E-state index in [1.807, 2.05) is 43.3 Å². The maximum absolute atomic E-state index is 12.5. The first-order chi connectivity index (χ1) is 19.0. The molecular weight excluding hydrogens is 530 g/mol. The molecule has 1 aliphatic heterocycles. The highest BCUT2D eigenvalue weighted by Gasteiger charge is 2.46. The van der Waals surface area contributed by atoms with Crippen LogP contribution in [0.15, 0.2) is 42.5 Å². The predicted octanol–water partition coefficient (Wildman–Crippen LogP) is 5.66.